The Morgan fingerprint density at radius 2 is 0.373 bits per heavy atom. The lowest BCUT2D eigenvalue weighted by atomic mass is 10.4. The highest BCUT2D eigenvalue weighted by atomic mass is 28.6. The molecule has 9 nitrogen and oxygen atoms in total. The predicted octanol–water partition coefficient (Wildman–Crippen LogP) is 10.1. The fourth-order valence-corrected chi connectivity index (χ4v) is 43.8. The van der Waals surface area contributed by atoms with Gasteiger partial charge in [-0.15, -0.1) is 39.5 Å². The van der Waals surface area contributed by atoms with Gasteiger partial charge in [-0.2, -0.15) is 0 Å². The van der Waals surface area contributed by atoms with Gasteiger partial charge in [0.2, 0.25) is 49.9 Å². The Labute approximate surface area is 413 Å². The molecule has 0 radical (unpaired) electrons. The molecule has 0 aliphatic heterocycles. The van der Waals surface area contributed by atoms with Crippen molar-refractivity contribution in [3.05, 3.63) is 195 Å². The normalized spacial score (nSPS) is 15.1. The topological polar surface area (TPSA) is 83.1 Å². The van der Waals surface area contributed by atoms with Gasteiger partial charge in [0.05, 0.1) is 0 Å². The predicted molar refractivity (Wildman–Crippen MR) is 303 cm³/mol. The Kier molecular flexibility index (Phi) is 19.0. The van der Waals surface area contributed by atoms with E-state index in [1.165, 1.54) is 0 Å². The van der Waals surface area contributed by atoms with E-state index < -0.39 is 85.1 Å². The Balaban J connectivity index is 2.39. The maximum Gasteiger partial charge on any atom is 0.512 e. The van der Waals surface area contributed by atoms with Crippen molar-refractivity contribution in [1.29, 1.82) is 0 Å². The van der Waals surface area contributed by atoms with Gasteiger partial charge in [-0.1, -0.05) is 156 Å². The summed E-state index contributed by atoms with van der Waals surface area (Å²) in [5.41, 5.74) is 11.3. The SMILES string of the molecule is C=C[Si](C)(C)O[Si](O[Si](C)(C)C=C)(O[Si](O[Si](C)(C)C=C)(O[Si](O[Si](C)(C)C=C)(O[Si](O[Si](C)(C)C=C)(O[Si](C)(C)C=C)c1ccccc1)c1ccccc1)c1ccccc1)c1ccccc1. The summed E-state index contributed by atoms with van der Waals surface area (Å²) in [5, 5.41) is 2.73. The molecule has 0 saturated heterocycles. The van der Waals surface area contributed by atoms with Crippen molar-refractivity contribution in [2.75, 3.05) is 0 Å². The second-order valence-electron chi connectivity index (χ2n) is 19.5. The lowest BCUT2D eigenvalue weighted by molar-refractivity contribution is 0.147. The molecule has 0 bridgehead atoms. The summed E-state index contributed by atoms with van der Waals surface area (Å²) in [6.07, 6.45) is 0. The van der Waals surface area contributed by atoms with Crippen LogP contribution < -0.4 is 20.7 Å². The summed E-state index contributed by atoms with van der Waals surface area (Å²) >= 11 is 0. The molecular formula is C48H74O9Si10. The van der Waals surface area contributed by atoms with Crippen molar-refractivity contribution < 1.29 is 37.0 Å². The van der Waals surface area contributed by atoms with E-state index in [2.05, 4.69) is 118 Å². The lowest BCUT2D eigenvalue weighted by Crippen LogP contribution is -2.80. The van der Waals surface area contributed by atoms with Gasteiger partial charge in [0.25, 0.3) is 0 Å². The highest BCUT2D eigenvalue weighted by molar-refractivity contribution is 7.05. The molecule has 4 aromatic rings. The van der Waals surface area contributed by atoms with E-state index in [9.17, 15) is 0 Å². The van der Waals surface area contributed by atoms with Crippen LogP contribution in [0.5, 0.6) is 0 Å². The van der Waals surface area contributed by atoms with Crippen LogP contribution in [0.1, 0.15) is 0 Å². The second-order valence-corrected chi connectivity index (χ2v) is 55.3. The smallest absolute Gasteiger partial charge is 0.409 e. The first-order valence-corrected chi connectivity index (χ1v) is 47.3. The first-order valence-electron chi connectivity index (χ1n) is 22.5. The second kappa shape index (κ2) is 22.5. The van der Waals surface area contributed by atoms with Crippen LogP contribution in [0.4, 0.5) is 0 Å². The molecule has 0 aliphatic carbocycles. The minimum atomic E-state index is -4.67. The zero-order valence-electron chi connectivity index (χ0n) is 41.9. The van der Waals surface area contributed by atoms with Crippen molar-refractivity contribution in [1.82, 2.24) is 0 Å². The third-order valence-electron chi connectivity index (χ3n) is 10.6. The van der Waals surface area contributed by atoms with Crippen LogP contribution in [0.3, 0.4) is 0 Å². The maximum atomic E-state index is 8.29. The van der Waals surface area contributed by atoms with Crippen LogP contribution in [-0.2, 0) is 37.0 Å². The van der Waals surface area contributed by atoms with E-state index in [1.807, 2.05) is 156 Å². The van der Waals surface area contributed by atoms with Gasteiger partial charge in [0.1, 0.15) is 0 Å². The highest BCUT2D eigenvalue weighted by Crippen LogP contribution is 2.36. The molecule has 67 heavy (non-hydrogen) atoms. The first kappa shape index (κ1) is 56.7. The molecule has 0 aromatic heterocycles. The molecule has 0 N–H and O–H groups in total. The van der Waals surface area contributed by atoms with Crippen molar-refractivity contribution >= 4 is 106 Å². The van der Waals surface area contributed by atoms with Crippen LogP contribution in [0.15, 0.2) is 195 Å². The van der Waals surface area contributed by atoms with E-state index in [0.29, 0.717) is 10.4 Å². The van der Waals surface area contributed by atoms with Crippen molar-refractivity contribution in [2.45, 2.75) is 78.6 Å². The van der Waals surface area contributed by atoms with Crippen LogP contribution in [0, 0.1) is 0 Å². The summed E-state index contributed by atoms with van der Waals surface area (Å²) in [5.74, 6) is 0. The largest absolute Gasteiger partial charge is 0.512 e. The average molecular weight is 1080 g/mol. The molecule has 2 atom stereocenters. The minimum Gasteiger partial charge on any atom is -0.409 e. The quantitative estimate of drug-likeness (QED) is 0.0517. The van der Waals surface area contributed by atoms with Gasteiger partial charge >= 0.3 is 35.2 Å². The number of hydrogen-bond donors (Lipinski definition) is 0. The van der Waals surface area contributed by atoms with Crippen LogP contribution in [0.25, 0.3) is 0 Å². The Morgan fingerprint density at radius 3 is 0.507 bits per heavy atom. The van der Waals surface area contributed by atoms with Gasteiger partial charge in [0.15, 0.2) is 0 Å². The van der Waals surface area contributed by atoms with E-state index in [4.69, 9.17) is 37.0 Å². The zero-order chi connectivity index (χ0) is 50.1. The Morgan fingerprint density at radius 1 is 0.239 bits per heavy atom. The van der Waals surface area contributed by atoms with Crippen LogP contribution in [0.2, 0.25) is 78.6 Å². The average Bonchev–Trinajstić information content (AvgIpc) is 3.29. The number of benzene rings is 4. The summed E-state index contributed by atoms with van der Waals surface area (Å²) in [4.78, 5) is 0. The maximum absolute atomic E-state index is 8.29. The van der Waals surface area contributed by atoms with Gasteiger partial charge in [0, 0.05) is 20.7 Å². The monoisotopic (exact) mass is 1070 g/mol. The minimum absolute atomic E-state index is 0.641. The van der Waals surface area contributed by atoms with E-state index in [-0.39, 0.29) is 0 Å². The standard InChI is InChI=1S/C48H74O9Si10/c1-19-58(7,8)49-64(50-59(9,10)20-2,45-37-29-25-30-38-45)55-66(53-62(15,16)23-5,47-41-33-27-34-42-47)57-67(54-63(17,18)24-6,48-43-35-28-36-44-48)56-65(51-60(11,12)21-3,52-61(13,14)22-4)46-39-31-26-32-40-46/h19-44H,1-6H2,7-18H3. The fourth-order valence-electron chi connectivity index (χ4n) is 6.38. The summed E-state index contributed by atoms with van der Waals surface area (Å²) in [6.45, 7) is 50.6. The highest BCUT2D eigenvalue weighted by Gasteiger charge is 2.68. The Hall–Kier alpha value is -2.87. The molecule has 0 amide bonds. The molecule has 0 fully saturated rings. The summed E-state index contributed by atoms with van der Waals surface area (Å²) in [7, 11) is -35.2. The van der Waals surface area contributed by atoms with Crippen molar-refractivity contribution in [3.63, 3.8) is 0 Å². The summed E-state index contributed by atoms with van der Waals surface area (Å²) < 4.78 is 70.3. The molecule has 0 spiro atoms. The number of hydrogen-bond acceptors (Lipinski definition) is 9. The molecular weight excluding hydrogens is 1000 g/mol. The molecule has 4 rings (SSSR count). The molecule has 0 saturated carbocycles. The lowest BCUT2D eigenvalue weighted by Gasteiger charge is -2.50. The van der Waals surface area contributed by atoms with E-state index in [0.717, 1.165) is 10.4 Å². The fraction of sp³-hybridized carbons (Fsp3) is 0.250. The first-order chi connectivity index (χ1) is 31.1. The van der Waals surface area contributed by atoms with E-state index >= 15 is 0 Å². The van der Waals surface area contributed by atoms with E-state index in [1.54, 1.807) is 0 Å². The molecule has 0 heterocycles. The zero-order valence-corrected chi connectivity index (χ0v) is 51.9. The van der Waals surface area contributed by atoms with Gasteiger partial charge in [-0.25, -0.2) is 0 Å². The Bertz CT molecular complexity index is 2100. The molecule has 0 aliphatic rings. The van der Waals surface area contributed by atoms with Crippen LogP contribution in [-0.4, -0.2) is 85.1 Å². The molecule has 19 heteroatoms. The summed E-state index contributed by atoms with van der Waals surface area (Å²) in [6, 6.07) is 39.4. The molecule has 2 unspecified atom stereocenters. The number of rotatable bonds is 28. The molecule has 360 valence electrons. The third-order valence-corrected chi connectivity index (χ3v) is 46.2. The van der Waals surface area contributed by atoms with Gasteiger partial charge in [-0.05, 0) is 78.6 Å². The van der Waals surface area contributed by atoms with Crippen molar-refractivity contribution in [2.24, 2.45) is 0 Å². The van der Waals surface area contributed by atoms with Crippen molar-refractivity contribution in [3.8, 4) is 0 Å². The third kappa shape index (κ3) is 15.1. The van der Waals surface area contributed by atoms with Gasteiger partial charge < -0.3 is 37.0 Å². The molecule has 4 aromatic carbocycles. The van der Waals surface area contributed by atoms with Crippen LogP contribution >= 0.6 is 0 Å². The van der Waals surface area contributed by atoms with Gasteiger partial charge in [-0.3, -0.25) is 0 Å².